The maximum Gasteiger partial charge on any atom is 0.492 e. The fraction of sp³-hybridized carbons (Fsp3) is 0.375. The van der Waals surface area contributed by atoms with Crippen molar-refractivity contribution in [2.45, 2.75) is 51.7 Å². The summed E-state index contributed by atoms with van der Waals surface area (Å²) < 4.78 is 71.0. The van der Waals surface area contributed by atoms with Crippen LogP contribution in [0.2, 0.25) is 0 Å². The largest absolute Gasteiger partial charge is 0.492 e. The monoisotopic (exact) mass is 479 g/mol. The Morgan fingerprint density at radius 2 is 1.68 bits per heavy atom. The lowest BCUT2D eigenvalue weighted by Crippen LogP contribution is -2.41. The fourth-order valence-electron chi connectivity index (χ4n) is 3.18. The summed E-state index contributed by atoms with van der Waals surface area (Å²) >= 11 is 0. The number of amides is 1. The molecular weight excluding hydrogens is 453 g/mol. The van der Waals surface area contributed by atoms with Crippen molar-refractivity contribution in [3.8, 4) is 0 Å². The highest BCUT2D eigenvalue weighted by Gasteiger charge is 2.52. The molecule has 2 aromatic rings. The van der Waals surface area contributed by atoms with E-state index < -0.39 is 42.0 Å². The first-order chi connectivity index (χ1) is 15.8. The molecular formula is C24H26BF4NO4. The molecule has 0 bridgehead atoms. The number of carbonyl (C=O) groups is 1. The van der Waals surface area contributed by atoms with Gasteiger partial charge in [-0.25, -0.2) is 9.18 Å². The molecule has 1 N–H and O–H groups in total. The number of carbonyl (C=O) groups excluding carboxylic acids is 1. The Morgan fingerprint density at radius 3 is 2.26 bits per heavy atom. The number of halogens is 4. The molecule has 2 aromatic carbocycles. The van der Waals surface area contributed by atoms with Crippen LogP contribution in [0.4, 0.5) is 22.4 Å². The van der Waals surface area contributed by atoms with Crippen LogP contribution in [-0.4, -0.2) is 31.0 Å². The van der Waals surface area contributed by atoms with E-state index in [4.69, 9.17) is 14.0 Å². The first-order valence-corrected chi connectivity index (χ1v) is 10.7. The Hall–Kier alpha value is -2.85. The Bertz CT molecular complexity index is 1040. The minimum Gasteiger partial charge on any atom is -0.445 e. The summed E-state index contributed by atoms with van der Waals surface area (Å²) in [5.41, 5.74) is -1.80. The first kappa shape index (κ1) is 25.8. The molecule has 1 saturated heterocycles. The molecule has 5 nitrogen and oxygen atoms in total. The van der Waals surface area contributed by atoms with Crippen molar-refractivity contribution in [2.75, 3.05) is 6.54 Å². The zero-order valence-electron chi connectivity index (χ0n) is 19.3. The van der Waals surface area contributed by atoms with Gasteiger partial charge in [-0.2, -0.15) is 13.2 Å². The Balaban J connectivity index is 1.83. The Kier molecular flexibility index (Phi) is 7.42. The lowest BCUT2D eigenvalue weighted by molar-refractivity contribution is -0.137. The number of rotatable bonds is 6. The number of alkyl halides is 3. The molecule has 0 unspecified atom stereocenters. The van der Waals surface area contributed by atoms with Gasteiger partial charge in [-0.05, 0) is 56.9 Å². The molecule has 1 heterocycles. The van der Waals surface area contributed by atoms with Crippen molar-refractivity contribution in [3.05, 3.63) is 76.5 Å². The van der Waals surface area contributed by atoms with Crippen molar-refractivity contribution in [1.29, 1.82) is 0 Å². The molecule has 10 heteroatoms. The molecule has 1 aliphatic heterocycles. The van der Waals surface area contributed by atoms with E-state index >= 15 is 0 Å². The molecule has 0 aromatic heterocycles. The summed E-state index contributed by atoms with van der Waals surface area (Å²) in [5.74, 6) is -0.853. The van der Waals surface area contributed by atoms with Crippen molar-refractivity contribution in [2.24, 2.45) is 0 Å². The predicted molar refractivity (Wildman–Crippen MR) is 120 cm³/mol. The standard InChI is InChI=1S/C24H26BF4NO4/c1-22(2)23(3,4)34-25(33-22)19(13-17-12-18(24(27,28)29)10-11-20(17)26)14-30-21(31)32-15-16-8-6-5-7-9-16/h5-13H,14-15H2,1-4H3,(H,30,31). The van der Waals surface area contributed by atoms with Crippen LogP contribution in [0.25, 0.3) is 6.08 Å². The normalized spacial score (nSPS) is 17.5. The molecule has 0 aliphatic carbocycles. The van der Waals surface area contributed by atoms with Crippen LogP contribution in [0.15, 0.2) is 54.0 Å². The highest BCUT2D eigenvalue weighted by atomic mass is 19.4. The van der Waals surface area contributed by atoms with Crippen LogP contribution < -0.4 is 5.32 Å². The molecule has 0 spiro atoms. The molecule has 0 radical (unpaired) electrons. The van der Waals surface area contributed by atoms with Gasteiger partial charge in [0.05, 0.1) is 16.8 Å². The summed E-state index contributed by atoms with van der Waals surface area (Å²) in [7, 11) is -1.02. The molecule has 0 atom stereocenters. The second kappa shape index (κ2) is 9.80. The summed E-state index contributed by atoms with van der Waals surface area (Å²) in [6.07, 6.45) is -4.19. The van der Waals surface area contributed by atoms with Gasteiger partial charge >= 0.3 is 19.4 Å². The van der Waals surface area contributed by atoms with Gasteiger partial charge in [-0.1, -0.05) is 36.4 Å². The van der Waals surface area contributed by atoms with E-state index in [1.54, 1.807) is 52.0 Å². The third kappa shape index (κ3) is 6.18. The molecule has 1 fully saturated rings. The first-order valence-electron chi connectivity index (χ1n) is 10.7. The smallest absolute Gasteiger partial charge is 0.445 e. The third-order valence-corrected chi connectivity index (χ3v) is 5.87. The van der Waals surface area contributed by atoms with Gasteiger partial charge in [0.1, 0.15) is 12.4 Å². The van der Waals surface area contributed by atoms with E-state index in [2.05, 4.69) is 5.32 Å². The molecule has 1 amide bonds. The Morgan fingerprint density at radius 1 is 1.06 bits per heavy atom. The fourth-order valence-corrected chi connectivity index (χ4v) is 3.18. The number of benzene rings is 2. The van der Waals surface area contributed by atoms with E-state index in [1.807, 2.05) is 6.07 Å². The van der Waals surface area contributed by atoms with Gasteiger partial charge in [-0.3, -0.25) is 0 Å². The van der Waals surface area contributed by atoms with E-state index in [1.165, 1.54) is 6.08 Å². The predicted octanol–water partition coefficient (Wildman–Crippen LogP) is 5.79. The average molecular weight is 479 g/mol. The third-order valence-electron chi connectivity index (χ3n) is 5.87. The summed E-state index contributed by atoms with van der Waals surface area (Å²) in [4.78, 5) is 12.2. The van der Waals surface area contributed by atoms with E-state index in [9.17, 15) is 22.4 Å². The molecule has 182 valence electrons. The van der Waals surface area contributed by atoms with E-state index in [-0.39, 0.29) is 24.2 Å². The minimum absolute atomic E-state index is 0.0322. The molecule has 34 heavy (non-hydrogen) atoms. The van der Waals surface area contributed by atoms with E-state index in [0.29, 0.717) is 12.1 Å². The highest BCUT2D eigenvalue weighted by Crippen LogP contribution is 2.39. The summed E-state index contributed by atoms with van der Waals surface area (Å²) in [6.45, 7) is 7.05. The highest BCUT2D eigenvalue weighted by molar-refractivity contribution is 6.56. The van der Waals surface area contributed by atoms with Crippen molar-refractivity contribution < 1.29 is 36.4 Å². The maximum absolute atomic E-state index is 14.4. The van der Waals surface area contributed by atoms with Crippen molar-refractivity contribution in [1.82, 2.24) is 5.32 Å². The quantitative estimate of drug-likeness (QED) is 0.421. The average Bonchev–Trinajstić information content (AvgIpc) is 2.97. The molecule has 3 rings (SSSR count). The van der Waals surface area contributed by atoms with Crippen molar-refractivity contribution >= 4 is 19.3 Å². The summed E-state index contributed by atoms with van der Waals surface area (Å²) in [6, 6.07) is 11.1. The lowest BCUT2D eigenvalue weighted by Gasteiger charge is -2.32. The van der Waals surface area contributed by atoms with Gasteiger partial charge in [0.15, 0.2) is 0 Å². The number of nitrogens with one attached hydrogen (secondary N) is 1. The van der Waals surface area contributed by atoms with Crippen LogP contribution in [0.1, 0.15) is 44.4 Å². The van der Waals surface area contributed by atoms with Gasteiger partial charge in [0.25, 0.3) is 0 Å². The second-order valence-electron chi connectivity index (χ2n) is 8.96. The second-order valence-corrected chi connectivity index (χ2v) is 8.96. The van der Waals surface area contributed by atoms with Gasteiger partial charge in [-0.15, -0.1) is 0 Å². The van der Waals surface area contributed by atoms with Gasteiger partial charge < -0.3 is 19.4 Å². The van der Waals surface area contributed by atoms with E-state index in [0.717, 1.165) is 11.6 Å². The van der Waals surface area contributed by atoms with Crippen LogP contribution in [0.3, 0.4) is 0 Å². The van der Waals surface area contributed by atoms with Crippen molar-refractivity contribution in [3.63, 3.8) is 0 Å². The zero-order chi connectivity index (χ0) is 25.1. The van der Waals surface area contributed by atoms with Gasteiger partial charge in [0, 0.05) is 12.1 Å². The summed E-state index contributed by atoms with van der Waals surface area (Å²) in [5, 5.41) is 2.54. The van der Waals surface area contributed by atoms with Gasteiger partial charge in [0.2, 0.25) is 0 Å². The minimum atomic E-state index is -4.64. The van der Waals surface area contributed by atoms with Crippen LogP contribution in [0.5, 0.6) is 0 Å². The number of ether oxygens (including phenoxy) is 1. The SMILES string of the molecule is CC1(C)OB(C(=Cc2cc(C(F)(F)F)ccc2F)CNC(=O)OCc2ccccc2)OC1(C)C. The number of hydrogen-bond acceptors (Lipinski definition) is 4. The van der Waals surface area contributed by atoms with Crippen LogP contribution in [0, 0.1) is 5.82 Å². The maximum atomic E-state index is 14.4. The zero-order valence-corrected chi connectivity index (χ0v) is 19.3. The topological polar surface area (TPSA) is 56.8 Å². The number of alkyl carbamates (subject to hydrolysis) is 1. The molecule has 0 saturated carbocycles. The molecule has 1 aliphatic rings. The number of hydrogen-bond donors (Lipinski definition) is 1. The van der Waals surface area contributed by atoms with Crippen LogP contribution in [-0.2, 0) is 26.8 Å². The lowest BCUT2D eigenvalue weighted by atomic mass is 9.77. The van der Waals surface area contributed by atoms with Crippen LogP contribution >= 0.6 is 0 Å². The Labute approximate surface area is 196 Å².